The first-order valence-electron chi connectivity index (χ1n) is 4.50. The van der Waals surface area contributed by atoms with Crippen molar-refractivity contribution in [3.05, 3.63) is 24.1 Å². The second kappa shape index (κ2) is 2.59. The van der Waals surface area contributed by atoms with Gasteiger partial charge >= 0.3 is 0 Å². The number of pyridine rings is 1. The van der Waals surface area contributed by atoms with Crippen LogP contribution in [0.3, 0.4) is 0 Å². The number of hydrogen-bond acceptors (Lipinski definition) is 2. The fraction of sp³-hybridized carbons (Fsp3) is 0.333. The van der Waals surface area contributed by atoms with Crippen LogP contribution in [-0.2, 0) is 0 Å². The number of fused-ring (bicyclic) bond motifs is 1. The third kappa shape index (κ3) is 1.07. The molecule has 0 radical (unpaired) electrons. The van der Waals surface area contributed by atoms with Gasteiger partial charge in [-0.05, 0) is 12.1 Å². The van der Waals surface area contributed by atoms with Gasteiger partial charge in [0.2, 0.25) is 0 Å². The van der Waals surface area contributed by atoms with Crippen LogP contribution >= 0.6 is 0 Å². The summed E-state index contributed by atoms with van der Waals surface area (Å²) in [6.45, 7) is 4.14. The van der Waals surface area contributed by atoms with Crippen molar-refractivity contribution in [3.63, 3.8) is 0 Å². The van der Waals surface area contributed by atoms with E-state index in [2.05, 4.69) is 28.8 Å². The van der Waals surface area contributed by atoms with Crippen molar-refractivity contribution in [2.45, 2.75) is 19.8 Å². The van der Waals surface area contributed by atoms with E-state index < -0.39 is 0 Å². The molecule has 0 amide bonds. The second-order valence-electron chi connectivity index (χ2n) is 3.09. The van der Waals surface area contributed by atoms with Gasteiger partial charge in [0.25, 0.3) is 0 Å². The zero-order valence-electron chi connectivity index (χ0n) is 8.13. The van der Waals surface area contributed by atoms with Crippen LogP contribution in [-0.4, -0.2) is 15.0 Å². The maximum Gasteiger partial charge on any atom is 0.177 e. The molecule has 0 unspecified atom stereocenters. The van der Waals surface area contributed by atoms with Gasteiger partial charge in [-0.25, -0.2) is 9.97 Å². The summed E-state index contributed by atoms with van der Waals surface area (Å²) < 4.78 is 7.33. The number of hydrogen-bond donors (Lipinski definition) is 1. The quantitative estimate of drug-likeness (QED) is 0.697. The zero-order chi connectivity index (χ0) is 9.42. The van der Waals surface area contributed by atoms with E-state index in [4.69, 9.17) is 1.37 Å². The lowest BCUT2D eigenvalue weighted by atomic mass is 10.2. The molecule has 2 aromatic heterocycles. The first-order chi connectivity index (χ1) is 6.16. The zero-order valence-corrected chi connectivity index (χ0v) is 7.13. The summed E-state index contributed by atoms with van der Waals surface area (Å²) >= 11 is 0. The Morgan fingerprint density at radius 1 is 1.58 bits per heavy atom. The summed E-state index contributed by atoms with van der Waals surface area (Å²) in [6, 6.07) is 3.49. The first-order valence-corrected chi connectivity index (χ1v) is 4.00. The van der Waals surface area contributed by atoms with Crippen LogP contribution in [0.25, 0.3) is 11.2 Å². The summed E-state index contributed by atoms with van der Waals surface area (Å²) in [5.41, 5.74) is 1.54. The highest BCUT2D eigenvalue weighted by Crippen LogP contribution is 2.14. The van der Waals surface area contributed by atoms with E-state index in [0.717, 1.165) is 11.3 Å². The summed E-state index contributed by atoms with van der Waals surface area (Å²) in [5.74, 6) is 1.29. The largest absolute Gasteiger partial charge is 0.340 e. The van der Waals surface area contributed by atoms with Crippen LogP contribution in [0.15, 0.2) is 18.3 Å². The maximum absolute atomic E-state index is 7.33. The van der Waals surface area contributed by atoms with Gasteiger partial charge in [0.15, 0.2) is 5.65 Å². The van der Waals surface area contributed by atoms with Gasteiger partial charge in [-0.15, -0.1) is 0 Å². The minimum Gasteiger partial charge on any atom is -0.340 e. The van der Waals surface area contributed by atoms with E-state index in [1.807, 2.05) is 6.07 Å². The molecular weight excluding hydrogens is 150 g/mol. The molecule has 12 heavy (non-hydrogen) atoms. The topological polar surface area (TPSA) is 41.6 Å². The van der Waals surface area contributed by atoms with Gasteiger partial charge in [-0.3, -0.25) is 0 Å². The van der Waals surface area contributed by atoms with Gasteiger partial charge in [-0.1, -0.05) is 13.8 Å². The monoisotopic (exact) mass is 162 g/mol. The Hall–Kier alpha value is -1.38. The highest BCUT2D eigenvalue weighted by Gasteiger charge is 2.05. The van der Waals surface area contributed by atoms with Gasteiger partial charge in [0.05, 0.1) is 6.89 Å². The molecule has 3 nitrogen and oxygen atoms in total. The van der Waals surface area contributed by atoms with Crippen LogP contribution < -0.4 is 0 Å². The Balaban J connectivity index is 2.62. The van der Waals surface area contributed by atoms with Crippen molar-refractivity contribution in [1.29, 1.82) is 0 Å². The van der Waals surface area contributed by atoms with E-state index in [9.17, 15) is 0 Å². The van der Waals surface area contributed by atoms with Crippen LogP contribution in [0.4, 0.5) is 0 Å². The third-order valence-electron chi connectivity index (χ3n) is 1.77. The highest BCUT2D eigenvalue weighted by atomic mass is 15.0. The lowest BCUT2D eigenvalue weighted by Gasteiger charge is -1.95. The average molecular weight is 162 g/mol. The van der Waals surface area contributed by atoms with Crippen LogP contribution in [0.5, 0.6) is 0 Å². The fourth-order valence-electron chi connectivity index (χ4n) is 1.09. The number of nitrogens with one attached hydrogen (secondary N) is 1. The van der Waals surface area contributed by atoms with Crippen molar-refractivity contribution < 1.29 is 1.37 Å². The summed E-state index contributed by atoms with van der Waals surface area (Å²) in [5, 5.41) is 0. The predicted molar refractivity (Wildman–Crippen MR) is 48.0 cm³/mol. The molecular formula is C9H11N3. The molecule has 0 aromatic carbocycles. The Morgan fingerprint density at radius 3 is 3.17 bits per heavy atom. The average Bonchev–Trinajstić information content (AvgIpc) is 2.46. The van der Waals surface area contributed by atoms with Gasteiger partial charge in [0.1, 0.15) is 5.82 Å². The third-order valence-corrected chi connectivity index (χ3v) is 1.77. The van der Waals surface area contributed by atoms with Crippen LogP contribution in [0, 0.1) is 0 Å². The van der Waals surface area contributed by atoms with E-state index in [0.29, 0.717) is 11.6 Å². The fourth-order valence-corrected chi connectivity index (χ4v) is 1.09. The molecule has 0 spiro atoms. The van der Waals surface area contributed by atoms with Crippen molar-refractivity contribution in [2.24, 2.45) is 0 Å². The second-order valence-corrected chi connectivity index (χ2v) is 3.09. The smallest absolute Gasteiger partial charge is 0.177 e. The standard InChI is InChI=1S/C9H11N3/c1-6(2)8-11-7-4-3-5-10-9(7)12-8/h3-6H,1-2H3,(H,10,11,12)/i5D. The molecule has 2 heterocycles. The number of rotatable bonds is 1. The summed E-state index contributed by atoms with van der Waals surface area (Å²) in [4.78, 5) is 11.5. The molecule has 0 saturated heterocycles. The molecule has 2 aromatic rings. The summed E-state index contributed by atoms with van der Waals surface area (Å²) in [7, 11) is 0. The normalized spacial score (nSPS) is 12.4. The Morgan fingerprint density at radius 2 is 2.42 bits per heavy atom. The maximum atomic E-state index is 7.33. The van der Waals surface area contributed by atoms with Crippen molar-refractivity contribution in [2.75, 3.05) is 0 Å². The Kier molecular flexibility index (Phi) is 1.33. The van der Waals surface area contributed by atoms with Crippen molar-refractivity contribution in [3.8, 4) is 0 Å². The number of nitrogens with zero attached hydrogens (tertiary/aromatic N) is 2. The molecule has 3 heteroatoms. The van der Waals surface area contributed by atoms with E-state index in [-0.39, 0.29) is 6.17 Å². The first kappa shape index (κ1) is 6.17. The van der Waals surface area contributed by atoms with Crippen LogP contribution in [0.1, 0.15) is 27.0 Å². The number of H-pyrrole nitrogens is 1. The predicted octanol–water partition coefficient (Wildman–Crippen LogP) is 2.08. The van der Waals surface area contributed by atoms with Gasteiger partial charge < -0.3 is 4.98 Å². The van der Waals surface area contributed by atoms with E-state index in [1.165, 1.54) is 0 Å². The number of imidazole rings is 1. The molecule has 0 aliphatic heterocycles. The number of aromatic amines is 1. The van der Waals surface area contributed by atoms with Gasteiger partial charge in [0, 0.05) is 12.1 Å². The molecule has 0 fully saturated rings. The molecule has 2 rings (SSSR count). The van der Waals surface area contributed by atoms with Crippen molar-refractivity contribution in [1.82, 2.24) is 15.0 Å². The summed E-state index contributed by atoms with van der Waals surface area (Å²) in [6.07, 6.45) is 0.259. The molecule has 0 bridgehead atoms. The molecule has 0 atom stereocenters. The molecule has 62 valence electrons. The van der Waals surface area contributed by atoms with Gasteiger partial charge in [-0.2, -0.15) is 0 Å². The molecule has 1 N–H and O–H groups in total. The van der Waals surface area contributed by atoms with E-state index in [1.54, 1.807) is 6.07 Å². The van der Waals surface area contributed by atoms with Crippen LogP contribution in [0.2, 0.25) is 0 Å². The Labute approximate surface area is 72.3 Å². The Bertz CT molecular complexity index is 433. The molecule has 0 aliphatic carbocycles. The molecule has 0 aliphatic rings. The lowest BCUT2D eigenvalue weighted by Crippen LogP contribution is -1.88. The minimum absolute atomic E-state index is 0.259. The molecule has 0 saturated carbocycles. The van der Waals surface area contributed by atoms with E-state index >= 15 is 0 Å². The van der Waals surface area contributed by atoms with Crippen molar-refractivity contribution >= 4 is 11.2 Å². The SMILES string of the molecule is [2H]c1ccc2[nH]c(C(C)C)nc2n1. The lowest BCUT2D eigenvalue weighted by molar-refractivity contribution is 0.798. The minimum atomic E-state index is 0.259. The number of aromatic nitrogens is 3. The highest BCUT2D eigenvalue weighted by molar-refractivity contribution is 5.69.